The lowest BCUT2D eigenvalue weighted by Gasteiger charge is -2.36. The lowest BCUT2D eigenvalue weighted by atomic mass is 10.1. The number of aryl methyl sites for hydroxylation is 1. The van der Waals surface area contributed by atoms with Crippen molar-refractivity contribution < 1.29 is 14.3 Å². The number of ether oxygens (including phenoxy) is 2. The molecule has 2 N–H and O–H groups in total. The van der Waals surface area contributed by atoms with Crippen LogP contribution in [-0.4, -0.2) is 56.2 Å². The molecule has 0 atom stereocenters. The molecule has 2 aromatic carbocycles. The number of amides is 1. The van der Waals surface area contributed by atoms with Crippen molar-refractivity contribution in [1.82, 2.24) is 9.88 Å². The van der Waals surface area contributed by atoms with Gasteiger partial charge in [-0.3, -0.25) is 9.69 Å². The zero-order chi connectivity index (χ0) is 22.0. The van der Waals surface area contributed by atoms with Crippen molar-refractivity contribution >= 4 is 22.6 Å². The maximum atomic E-state index is 12.0. The van der Waals surface area contributed by atoms with E-state index in [-0.39, 0.29) is 0 Å². The van der Waals surface area contributed by atoms with E-state index in [0.29, 0.717) is 5.56 Å². The van der Waals surface area contributed by atoms with E-state index in [2.05, 4.69) is 22.8 Å². The first-order valence-electron chi connectivity index (χ1n) is 10.4. The molecule has 31 heavy (non-hydrogen) atoms. The van der Waals surface area contributed by atoms with Crippen LogP contribution in [0.3, 0.4) is 0 Å². The molecule has 1 aliphatic rings. The summed E-state index contributed by atoms with van der Waals surface area (Å²) in [6.07, 6.45) is 0. The van der Waals surface area contributed by atoms with Gasteiger partial charge in [0.15, 0.2) is 11.5 Å². The van der Waals surface area contributed by atoms with E-state index in [1.807, 2.05) is 36.4 Å². The minimum atomic E-state index is -0.428. The third kappa shape index (κ3) is 4.27. The Balaban J connectivity index is 1.49. The van der Waals surface area contributed by atoms with Gasteiger partial charge in [-0.05, 0) is 42.3 Å². The number of benzene rings is 2. The fraction of sp³-hybridized carbons (Fsp3) is 0.333. The van der Waals surface area contributed by atoms with Crippen molar-refractivity contribution in [3.8, 4) is 11.5 Å². The second-order valence-electron chi connectivity index (χ2n) is 7.81. The number of carbonyl (C=O) groups is 1. The summed E-state index contributed by atoms with van der Waals surface area (Å²) in [6.45, 7) is 6.39. The number of carbonyl (C=O) groups excluding carboxylic acids is 1. The van der Waals surface area contributed by atoms with Crippen molar-refractivity contribution in [3.63, 3.8) is 0 Å². The lowest BCUT2D eigenvalue weighted by Crippen LogP contribution is -2.46. The molecule has 0 spiro atoms. The van der Waals surface area contributed by atoms with Crippen LogP contribution < -0.4 is 20.1 Å². The number of methoxy groups -OCH3 is 2. The molecule has 4 rings (SSSR count). The third-order valence-corrected chi connectivity index (χ3v) is 5.90. The molecule has 0 unspecified atom stereocenters. The number of nitrogens with zero attached hydrogens (tertiary/aromatic N) is 3. The van der Waals surface area contributed by atoms with Crippen LogP contribution in [0.15, 0.2) is 42.5 Å². The van der Waals surface area contributed by atoms with E-state index in [1.54, 1.807) is 14.2 Å². The highest BCUT2D eigenvalue weighted by atomic mass is 16.5. The molecule has 1 amide bonds. The molecular formula is C24H28N4O3. The van der Waals surface area contributed by atoms with Crippen LogP contribution in [0.4, 0.5) is 5.82 Å². The van der Waals surface area contributed by atoms with E-state index in [9.17, 15) is 4.79 Å². The van der Waals surface area contributed by atoms with Crippen molar-refractivity contribution in [2.75, 3.05) is 45.3 Å². The Hall–Kier alpha value is -3.32. The number of hydrogen-bond acceptors (Lipinski definition) is 6. The zero-order valence-corrected chi connectivity index (χ0v) is 18.2. The van der Waals surface area contributed by atoms with Gasteiger partial charge in [-0.15, -0.1) is 0 Å². The highest BCUT2D eigenvalue weighted by Gasteiger charge is 2.21. The number of fused-ring (bicyclic) bond motifs is 1. The summed E-state index contributed by atoms with van der Waals surface area (Å²) >= 11 is 0. The summed E-state index contributed by atoms with van der Waals surface area (Å²) in [4.78, 5) is 21.4. The highest BCUT2D eigenvalue weighted by molar-refractivity contribution is 6.06. The van der Waals surface area contributed by atoms with Gasteiger partial charge >= 0.3 is 0 Å². The standard InChI is InChI=1S/C24H28N4O3/c1-16-12-21(30-2)22(31-3)13-17(16)15-27-8-10-28(11-9-27)23-14-19(24(25)29)18-6-4-5-7-20(18)26-23/h4-7,12-14H,8-11,15H2,1-3H3,(H2,25,29). The molecule has 0 bridgehead atoms. The predicted octanol–water partition coefficient (Wildman–Crippen LogP) is 2.98. The number of anilines is 1. The first-order valence-corrected chi connectivity index (χ1v) is 10.4. The van der Waals surface area contributed by atoms with Crippen molar-refractivity contribution in [1.29, 1.82) is 0 Å². The smallest absolute Gasteiger partial charge is 0.249 e. The number of nitrogens with two attached hydrogens (primary N) is 1. The maximum Gasteiger partial charge on any atom is 0.249 e. The second-order valence-corrected chi connectivity index (χ2v) is 7.81. The highest BCUT2D eigenvalue weighted by Crippen LogP contribution is 2.31. The van der Waals surface area contributed by atoms with Gasteiger partial charge in [0.2, 0.25) is 5.91 Å². The van der Waals surface area contributed by atoms with Gasteiger partial charge in [0.1, 0.15) is 5.82 Å². The molecule has 0 radical (unpaired) electrons. The van der Waals surface area contributed by atoms with Gasteiger partial charge in [-0.25, -0.2) is 4.98 Å². The number of piperazine rings is 1. The number of hydrogen-bond donors (Lipinski definition) is 1. The number of rotatable bonds is 6. The van der Waals surface area contributed by atoms with Gasteiger partial charge in [0.05, 0.1) is 25.3 Å². The average Bonchev–Trinajstić information content (AvgIpc) is 2.79. The van der Waals surface area contributed by atoms with Crippen molar-refractivity contribution in [2.24, 2.45) is 5.73 Å². The molecule has 0 aliphatic carbocycles. The van der Waals surface area contributed by atoms with Crippen LogP contribution in [-0.2, 0) is 6.54 Å². The van der Waals surface area contributed by atoms with Gasteiger partial charge < -0.3 is 20.1 Å². The van der Waals surface area contributed by atoms with Gasteiger partial charge in [-0.2, -0.15) is 0 Å². The average molecular weight is 421 g/mol. The van der Waals surface area contributed by atoms with E-state index in [0.717, 1.165) is 60.9 Å². The summed E-state index contributed by atoms with van der Waals surface area (Å²) in [6, 6.07) is 13.5. The number of primary amides is 1. The van der Waals surface area contributed by atoms with E-state index < -0.39 is 5.91 Å². The number of aromatic nitrogens is 1. The first-order chi connectivity index (χ1) is 15.0. The number of para-hydroxylation sites is 1. The van der Waals surface area contributed by atoms with Crippen LogP contribution in [0.5, 0.6) is 11.5 Å². The second kappa shape index (κ2) is 8.81. The third-order valence-electron chi connectivity index (χ3n) is 5.90. The molecule has 0 saturated carbocycles. The van der Waals surface area contributed by atoms with Gasteiger partial charge in [-0.1, -0.05) is 18.2 Å². The van der Waals surface area contributed by atoms with Crippen molar-refractivity contribution in [2.45, 2.75) is 13.5 Å². The molecular weight excluding hydrogens is 392 g/mol. The lowest BCUT2D eigenvalue weighted by molar-refractivity contribution is 0.100. The predicted molar refractivity (Wildman–Crippen MR) is 122 cm³/mol. The Morgan fingerprint density at radius 1 is 1.03 bits per heavy atom. The molecule has 1 fully saturated rings. The fourth-order valence-corrected chi connectivity index (χ4v) is 4.10. The Labute approximate surface area is 182 Å². The first kappa shape index (κ1) is 20.9. The van der Waals surface area contributed by atoms with Gasteiger partial charge in [0, 0.05) is 38.1 Å². The summed E-state index contributed by atoms with van der Waals surface area (Å²) in [7, 11) is 3.31. The summed E-state index contributed by atoms with van der Waals surface area (Å²) < 4.78 is 10.9. The van der Waals surface area contributed by atoms with Crippen molar-refractivity contribution in [3.05, 3.63) is 59.2 Å². The Morgan fingerprint density at radius 3 is 2.39 bits per heavy atom. The monoisotopic (exact) mass is 420 g/mol. The summed E-state index contributed by atoms with van der Waals surface area (Å²) in [5.74, 6) is 1.87. The molecule has 1 saturated heterocycles. The van der Waals surface area contributed by atoms with E-state index >= 15 is 0 Å². The minimum absolute atomic E-state index is 0.428. The Morgan fingerprint density at radius 2 is 1.71 bits per heavy atom. The van der Waals surface area contributed by atoms with Crippen LogP contribution in [0, 0.1) is 6.92 Å². The molecule has 7 heteroatoms. The van der Waals surface area contributed by atoms with Gasteiger partial charge in [0.25, 0.3) is 0 Å². The van der Waals surface area contributed by atoms with Crippen LogP contribution in [0.2, 0.25) is 0 Å². The molecule has 1 aromatic heterocycles. The largest absolute Gasteiger partial charge is 0.493 e. The van der Waals surface area contributed by atoms with E-state index in [4.69, 9.17) is 20.2 Å². The quantitative estimate of drug-likeness (QED) is 0.660. The zero-order valence-electron chi connectivity index (χ0n) is 18.2. The summed E-state index contributed by atoms with van der Waals surface area (Å²) in [5.41, 5.74) is 9.35. The number of pyridine rings is 1. The maximum absolute atomic E-state index is 12.0. The van der Waals surface area contributed by atoms with Crippen LogP contribution in [0.25, 0.3) is 10.9 Å². The topological polar surface area (TPSA) is 80.9 Å². The minimum Gasteiger partial charge on any atom is -0.493 e. The molecule has 2 heterocycles. The Bertz CT molecular complexity index is 1110. The normalized spacial score (nSPS) is 14.6. The molecule has 1 aliphatic heterocycles. The molecule has 3 aromatic rings. The molecule has 7 nitrogen and oxygen atoms in total. The Kier molecular flexibility index (Phi) is 5.95. The fourth-order valence-electron chi connectivity index (χ4n) is 4.10. The molecule has 162 valence electrons. The van der Waals surface area contributed by atoms with Crippen LogP contribution in [0.1, 0.15) is 21.5 Å². The SMILES string of the molecule is COc1cc(C)c(CN2CCN(c3cc(C(N)=O)c4ccccc4n3)CC2)cc1OC. The van der Waals surface area contributed by atoms with Crippen LogP contribution >= 0.6 is 0 Å². The van der Waals surface area contributed by atoms with E-state index in [1.165, 1.54) is 11.1 Å². The summed E-state index contributed by atoms with van der Waals surface area (Å²) in [5, 5.41) is 0.793.